The molecule has 0 aliphatic rings. The van der Waals surface area contributed by atoms with Gasteiger partial charge in [-0.3, -0.25) is 4.79 Å². The maximum Gasteiger partial charge on any atom is 0.335 e. The Balaban J connectivity index is 2.82. The summed E-state index contributed by atoms with van der Waals surface area (Å²) in [5.74, 6) is -1.00. The van der Waals surface area contributed by atoms with Crippen molar-refractivity contribution in [2.75, 3.05) is 0 Å². The standard InChI is InChI=1S/C15H16O3/c1-3-5-11(4-2)10-14(16)12-6-8-13(9-7-12)15(17)18/h3-9H,10H2,1-2H3,(H,17,18)/b5-3-,11-4+. The summed E-state index contributed by atoms with van der Waals surface area (Å²) < 4.78 is 0. The Labute approximate surface area is 106 Å². The molecule has 0 spiro atoms. The summed E-state index contributed by atoms with van der Waals surface area (Å²) >= 11 is 0. The van der Waals surface area contributed by atoms with E-state index in [4.69, 9.17) is 5.11 Å². The Morgan fingerprint density at radius 1 is 1.11 bits per heavy atom. The minimum absolute atomic E-state index is 0.0156. The predicted octanol–water partition coefficient (Wildman–Crippen LogP) is 3.48. The third-order valence-electron chi connectivity index (χ3n) is 2.57. The van der Waals surface area contributed by atoms with Crippen LogP contribution in [0.2, 0.25) is 0 Å². The first-order valence-corrected chi connectivity index (χ1v) is 5.73. The monoisotopic (exact) mass is 244 g/mol. The summed E-state index contributed by atoms with van der Waals surface area (Å²) in [6.45, 7) is 3.78. The van der Waals surface area contributed by atoms with E-state index in [1.165, 1.54) is 12.1 Å². The van der Waals surface area contributed by atoms with Crippen molar-refractivity contribution in [3.05, 3.63) is 59.2 Å². The van der Waals surface area contributed by atoms with E-state index in [1.54, 1.807) is 12.1 Å². The van der Waals surface area contributed by atoms with Gasteiger partial charge < -0.3 is 5.11 Å². The number of hydrogen-bond acceptors (Lipinski definition) is 2. The van der Waals surface area contributed by atoms with Crippen molar-refractivity contribution < 1.29 is 14.7 Å². The van der Waals surface area contributed by atoms with Gasteiger partial charge in [-0.05, 0) is 31.6 Å². The molecule has 0 amide bonds. The van der Waals surface area contributed by atoms with Crippen LogP contribution in [0.4, 0.5) is 0 Å². The van der Waals surface area contributed by atoms with Gasteiger partial charge in [-0.15, -0.1) is 0 Å². The van der Waals surface area contributed by atoms with Crippen molar-refractivity contribution in [3.63, 3.8) is 0 Å². The summed E-state index contributed by atoms with van der Waals surface area (Å²) in [6, 6.07) is 5.99. The van der Waals surface area contributed by atoms with Crippen molar-refractivity contribution in [1.29, 1.82) is 0 Å². The fourth-order valence-corrected chi connectivity index (χ4v) is 1.56. The molecule has 3 nitrogen and oxygen atoms in total. The van der Waals surface area contributed by atoms with E-state index in [0.29, 0.717) is 12.0 Å². The number of hydrogen-bond donors (Lipinski definition) is 1. The number of aromatic carboxylic acids is 1. The van der Waals surface area contributed by atoms with Crippen LogP contribution in [0.25, 0.3) is 0 Å². The molecule has 0 fully saturated rings. The predicted molar refractivity (Wildman–Crippen MR) is 70.9 cm³/mol. The molecule has 18 heavy (non-hydrogen) atoms. The zero-order valence-corrected chi connectivity index (χ0v) is 10.5. The molecule has 0 saturated carbocycles. The molecule has 1 aromatic carbocycles. The van der Waals surface area contributed by atoms with Crippen LogP contribution < -0.4 is 0 Å². The number of allylic oxidation sites excluding steroid dienone is 4. The number of benzene rings is 1. The van der Waals surface area contributed by atoms with Crippen LogP contribution in [-0.4, -0.2) is 16.9 Å². The maximum atomic E-state index is 11.9. The van der Waals surface area contributed by atoms with E-state index in [-0.39, 0.29) is 11.3 Å². The number of carbonyl (C=O) groups is 2. The fourth-order valence-electron chi connectivity index (χ4n) is 1.56. The van der Waals surface area contributed by atoms with Crippen LogP contribution in [0.3, 0.4) is 0 Å². The average molecular weight is 244 g/mol. The second-order valence-corrected chi connectivity index (χ2v) is 3.85. The van der Waals surface area contributed by atoms with Crippen molar-refractivity contribution in [2.24, 2.45) is 0 Å². The fraction of sp³-hybridized carbons (Fsp3) is 0.200. The summed E-state index contributed by atoms with van der Waals surface area (Å²) in [5.41, 5.74) is 1.67. The molecule has 1 rings (SSSR count). The van der Waals surface area contributed by atoms with Crippen LogP contribution in [0.15, 0.2) is 48.1 Å². The molecular formula is C15H16O3. The summed E-state index contributed by atoms with van der Waals surface area (Å²) in [5, 5.41) is 8.76. The van der Waals surface area contributed by atoms with Gasteiger partial charge in [0.15, 0.2) is 5.78 Å². The van der Waals surface area contributed by atoms with Crippen LogP contribution in [0.5, 0.6) is 0 Å². The first kappa shape index (κ1) is 13.9. The maximum absolute atomic E-state index is 11.9. The lowest BCUT2D eigenvalue weighted by atomic mass is 10.0. The van der Waals surface area contributed by atoms with Crippen molar-refractivity contribution in [1.82, 2.24) is 0 Å². The van der Waals surface area contributed by atoms with E-state index >= 15 is 0 Å². The average Bonchev–Trinajstić information content (AvgIpc) is 2.38. The zero-order chi connectivity index (χ0) is 13.5. The van der Waals surface area contributed by atoms with E-state index in [2.05, 4.69) is 0 Å². The topological polar surface area (TPSA) is 54.4 Å². The quantitative estimate of drug-likeness (QED) is 0.637. The number of Topliss-reactive ketones (excluding diaryl/α,β-unsaturated/α-hetero) is 1. The normalized spacial score (nSPS) is 11.8. The molecule has 0 saturated heterocycles. The van der Waals surface area contributed by atoms with Crippen molar-refractivity contribution in [2.45, 2.75) is 20.3 Å². The van der Waals surface area contributed by atoms with Crippen LogP contribution in [-0.2, 0) is 0 Å². The lowest BCUT2D eigenvalue weighted by Gasteiger charge is -2.02. The van der Waals surface area contributed by atoms with Gasteiger partial charge in [-0.2, -0.15) is 0 Å². The summed E-state index contributed by atoms with van der Waals surface area (Å²) in [4.78, 5) is 22.6. The van der Waals surface area contributed by atoms with Crippen LogP contribution >= 0.6 is 0 Å². The van der Waals surface area contributed by atoms with Crippen molar-refractivity contribution >= 4 is 11.8 Å². The third kappa shape index (κ3) is 3.70. The Kier molecular flexibility index (Phi) is 5.06. The first-order valence-electron chi connectivity index (χ1n) is 5.73. The van der Waals surface area contributed by atoms with Crippen molar-refractivity contribution in [3.8, 4) is 0 Å². The highest BCUT2D eigenvalue weighted by Crippen LogP contribution is 2.12. The zero-order valence-electron chi connectivity index (χ0n) is 10.5. The Hall–Kier alpha value is -2.16. The highest BCUT2D eigenvalue weighted by molar-refractivity contribution is 5.98. The second kappa shape index (κ2) is 6.55. The molecule has 1 N–H and O–H groups in total. The molecule has 1 aromatic rings. The largest absolute Gasteiger partial charge is 0.478 e. The SMILES string of the molecule is C/C=C\C(=C/C)CC(=O)c1ccc(C(=O)O)cc1. The Morgan fingerprint density at radius 3 is 2.11 bits per heavy atom. The molecule has 0 bridgehead atoms. The van der Waals surface area contributed by atoms with Gasteiger partial charge in [-0.1, -0.05) is 30.4 Å². The molecule has 0 unspecified atom stereocenters. The lowest BCUT2D eigenvalue weighted by Crippen LogP contribution is -2.02. The summed E-state index contributed by atoms with van der Waals surface area (Å²) in [6.07, 6.45) is 6.00. The molecule has 0 radical (unpaired) electrons. The number of carbonyl (C=O) groups excluding carboxylic acids is 1. The van der Waals surface area contributed by atoms with E-state index in [9.17, 15) is 9.59 Å². The number of rotatable bonds is 5. The third-order valence-corrected chi connectivity index (χ3v) is 2.57. The molecule has 0 heterocycles. The highest BCUT2D eigenvalue weighted by Gasteiger charge is 2.08. The number of ketones is 1. The Morgan fingerprint density at radius 2 is 1.67 bits per heavy atom. The molecule has 0 aliphatic heterocycles. The van der Waals surface area contributed by atoms with Crippen LogP contribution in [0.1, 0.15) is 41.0 Å². The lowest BCUT2D eigenvalue weighted by molar-refractivity contribution is 0.0696. The minimum Gasteiger partial charge on any atom is -0.478 e. The van der Waals surface area contributed by atoms with Gasteiger partial charge in [0.25, 0.3) is 0 Å². The first-order chi connectivity index (χ1) is 8.58. The molecule has 0 aliphatic carbocycles. The molecule has 0 aromatic heterocycles. The molecule has 0 atom stereocenters. The smallest absolute Gasteiger partial charge is 0.335 e. The Bertz CT molecular complexity index is 493. The van der Waals surface area contributed by atoms with E-state index < -0.39 is 5.97 Å². The van der Waals surface area contributed by atoms with E-state index in [1.807, 2.05) is 32.1 Å². The summed E-state index contributed by atoms with van der Waals surface area (Å²) in [7, 11) is 0. The molecule has 94 valence electrons. The van der Waals surface area contributed by atoms with Gasteiger partial charge in [0.2, 0.25) is 0 Å². The van der Waals surface area contributed by atoms with Crippen LogP contribution in [0, 0.1) is 0 Å². The van der Waals surface area contributed by atoms with Gasteiger partial charge in [-0.25, -0.2) is 4.79 Å². The van der Waals surface area contributed by atoms with Gasteiger partial charge in [0.1, 0.15) is 0 Å². The number of carboxylic acid groups (broad SMARTS) is 1. The van der Waals surface area contributed by atoms with E-state index in [0.717, 1.165) is 5.57 Å². The van der Waals surface area contributed by atoms with Gasteiger partial charge >= 0.3 is 5.97 Å². The molecule has 3 heteroatoms. The minimum atomic E-state index is -0.989. The van der Waals surface area contributed by atoms with Gasteiger partial charge in [0, 0.05) is 12.0 Å². The second-order valence-electron chi connectivity index (χ2n) is 3.85. The highest BCUT2D eigenvalue weighted by atomic mass is 16.4. The van der Waals surface area contributed by atoms with Gasteiger partial charge in [0.05, 0.1) is 5.56 Å². The molecular weight excluding hydrogens is 228 g/mol. The number of carboxylic acids is 1.